The smallest absolute Gasteiger partial charge is 0.148 e. The molecule has 2 nitrogen and oxygen atoms in total. The molecule has 0 radical (unpaired) electrons. The molecule has 3 heteroatoms. The summed E-state index contributed by atoms with van der Waals surface area (Å²) >= 11 is 3.47. The summed E-state index contributed by atoms with van der Waals surface area (Å²) in [6.45, 7) is 2.99. The van der Waals surface area contributed by atoms with Crippen LogP contribution >= 0.6 is 15.9 Å². The van der Waals surface area contributed by atoms with Crippen LogP contribution in [0.3, 0.4) is 0 Å². The molecule has 2 rings (SSSR count). The average molecular weight is 292 g/mol. The highest BCUT2D eigenvalue weighted by Gasteiger charge is 2.14. The highest BCUT2D eigenvalue weighted by molar-refractivity contribution is 9.10. The van der Waals surface area contributed by atoms with Gasteiger partial charge in [-0.3, -0.25) is 5.32 Å². The van der Waals surface area contributed by atoms with Gasteiger partial charge in [-0.15, -0.1) is 6.42 Å². The Morgan fingerprint density at radius 3 is 3.00 bits per heavy atom. The fraction of sp³-hybridized carbons (Fsp3) is 0.286. The minimum Gasteiger partial charge on any atom is -0.457 e. The van der Waals surface area contributed by atoms with Gasteiger partial charge in [0.1, 0.15) is 17.4 Å². The first-order valence-electron chi connectivity index (χ1n) is 5.63. The van der Waals surface area contributed by atoms with Crippen LogP contribution in [-0.2, 0) is 0 Å². The first-order chi connectivity index (χ1) is 8.26. The van der Waals surface area contributed by atoms with Gasteiger partial charge in [0.05, 0.1) is 4.47 Å². The number of hydrogen-bond acceptors (Lipinski definition) is 2. The van der Waals surface area contributed by atoms with Gasteiger partial charge in [-0.2, -0.15) is 0 Å². The number of para-hydroxylation sites is 1. The van der Waals surface area contributed by atoms with Crippen LogP contribution in [0.2, 0.25) is 0 Å². The lowest BCUT2D eigenvalue weighted by atomic mass is 10.2. The summed E-state index contributed by atoms with van der Waals surface area (Å²) in [6.07, 6.45) is 6.56. The number of fused-ring (bicyclic) bond motifs is 1. The van der Waals surface area contributed by atoms with E-state index in [1.165, 1.54) is 0 Å². The van der Waals surface area contributed by atoms with Crippen molar-refractivity contribution in [3.05, 3.63) is 34.5 Å². The number of nitrogens with one attached hydrogen (secondary N) is 1. The second kappa shape index (κ2) is 5.39. The van der Waals surface area contributed by atoms with Gasteiger partial charge < -0.3 is 4.42 Å². The van der Waals surface area contributed by atoms with Crippen molar-refractivity contribution in [3.63, 3.8) is 0 Å². The van der Waals surface area contributed by atoms with Crippen LogP contribution in [0.4, 0.5) is 0 Å². The highest BCUT2D eigenvalue weighted by atomic mass is 79.9. The standard InChI is InChI=1S/C14H14BrNO/c1-3-8-16-12(4-2)13-9-10-6-5-7-11(15)14(10)17-13/h2,5-7,9,12,16H,3,8H2,1H3. The third kappa shape index (κ3) is 2.54. The molecule has 0 saturated carbocycles. The fourth-order valence-corrected chi connectivity index (χ4v) is 2.18. The Morgan fingerprint density at radius 2 is 2.35 bits per heavy atom. The van der Waals surface area contributed by atoms with Crippen molar-refractivity contribution in [3.8, 4) is 12.3 Å². The van der Waals surface area contributed by atoms with Gasteiger partial charge in [0.25, 0.3) is 0 Å². The van der Waals surface area contributed by atoms with Crippen LogP contribution in [0.1, 0.15) is 25.1 Å². The van der Waals surface area contributed by atoms with Gasteiger partial charge in [-0.25, -0.2) is 0 Å². The van der Waals surface area contributed by atoms with Crippen molar-refractivity contribution in [2.45, 2.75) is 19.4 Å². The number of hydrogen-bond donors (Lipinski definition) is 1. The van der Waals surface area contributed by atoms with Crippen LogP contribution in [0.5, 0.6) is 0 Å². The minimum atomic E-state index is -0.158. The molecular weight excluding hydrogens is 278 g/mol. The Morgan fingerprint density at radius 1 is 1.53 bits per heavy atom. The quantitative estimate of drug-likeness (QED) is 0.865. The molecular formula is C14H14BrNO. The van der Waals surface area contributed by atoms with Gasteiger partial charge >= 0.3 is 0 Å². The molecule has 1 aromatic carbocycles. The van der Waals surface area contributed by atoms with Crippen molar-refractivity contribution in [1.29, 1.82) is 0 Å². The molecule has 0 aliphatic rings. The van der Waals surface area contributed by atoms with E-state index in [4.69, 9.17) is 10.8 Å². The SMILES string of the molecule is C#CC(NCCC)c1cc2cccc(Br)c2o1. The van der Waals surface area contributed by atoms with E-state index in [2.05, 4.69) is 34.1 Å². The number of benzene rings is 1. The number of rotatable bonds is 4. The second-order valence-corrected chi connectivity index (χ2v) is 4.72. The van der Waals surface area contributed by atoms with Crippen LogP contribution in [-0.4, -0.2) is 6.54 Å². The maximum absolute atomic E-state index is 5.80. The van der Waals surface area contributed by atoms with E-state index in [1.54, 1.807) is 0 Å². The average Bonchev–Trinajstić information content (AvgIpc) is 2.75. The molecule has 0 aliphatic heterocycles. The summed E-state index contributed by atoms with van der Waals surface area (Å²) in [6, 6.07) is 7.79. The molecule has 1 unspecified atom stereocenters. The Kier molecular flexibility index (Phi) is 3.88. The molecule has 17 heavy (non-hydrogen) atoms. The van der Waals surface area contributed by atoms with E-state index >= 15 is 0 Å². The van der Waals surface area contributed by atoms with Gasteiger partial charge in [0, 0.05) is 5.39 Å². The molecule has 0 amide bonds. The van der Waals surface area contributed by atoms with Crippen molar-refractivity contribution in [1.82, 2.24) is 5.32 Å². The lowest BCUT2D eigenvalue weighted by Gasteiger charge is -2.08. The van der Waals surface area contributed by atoms with Crippen molar-refractivity contribution < 1.29 is 4.42 Å². The largest absolute Gasteiger partial charge is 0.457 e. The van der Waals surface area contributed by atoms with E-state index in [0.29, 0.717) is 0 Å². The van der Waals surface area contributed by atoms with Gasteiger partial charge in [0.15, 0.2) is 0 Å². The van der Waals surface area contributed by atoms with Crippen molar-refractivity contribution in [2.24, 2.45) is 0 Å². The molecule has 0 bridgehead atoms. The van der Waals surface area contributed by atoms with Crippen molar-refractivity contribution in [2.75, 3.05) is 6.54 Å². The van der Waals surface area contributed by atoms with E-state index in [1.807, 2.05) is 24.3 Å². The summed E-state index contributed by atoms with van der Waals surface area (Å²) in [5.41, 5.74) is 0.848. The van der Waals surface area contributed by atoms with E-state index in [0.717, 1.165) is 34.2 Å². The first-order valence-corrected chi connectivity index (χ1v) is 6.43. The van der Waals surface area contributed by atoms with E-state index in [9.17, 15) is 0 Å². The number of terminal acetylenes is 1. The second-order valence-electron chi connectivity index (χ2n) is 3.86. The molecule has 1 aromatic heterocycles. The molecule has 1 atom stereocenters. The lowest BCUT2D eigenvalue weighted by Crippen LogP contribution is -2.20. The molecule has 88 valence electrons. The third-order valence-electron chi connectivity index (χ3n) is 2.56. The zero-order chi connectivity index (χ0) is 12.3. The zero-order valence-electron chi connectivity index (χ0n) is 9.66. The Labute approximate surface area is 110 Å². The topological polar surface area (TPSA) is 25.2 Å². The molecule has 0 saturated heterocycles. The predicted molar refractivity (Wildman–Crippen MR) is 73.8 cm³/mol. The highest BCUT2D eigenvalue weighted by Crippen LogP contribution is 2.29. The van der Waals surface area contributed by atoms with Gasteiger partial charge in [-0.1, -0.05) is 25.0 Å². The summed E-state index contributed by atoms with van der Waals surface area (Å²) in [7, 11) is 0. The first kappa shape index (κ1) is 12.2. The van der Waals surface area contributed by atoms with Crippen LogP contribution in [0.25, 0.3) is 11.0 Å². The maximum Gasteiger partial charge on any atom is 0.148 e. The maximum atomic E-state index is 5.80. The van der Waals surface area contributed by atoms with Crippen LogP contribution in [0, 0.1) is 12.3 Å². The monoisotopic (exact) mass is 291 g/mol. The third-order valence-corrected chi connectivity index (χ3v) is 3.19. The van der Waals surface area contributed by atoms with Crippen LogP contribution in [0.15, 0.2) is 33.2 Å². The van der Waals surface area contributed by atoms with Gasteiger partial charge in [0.2, 0.25) is 0 Å². The minimum absolute atomic E-state index is 0.158. The summed E-state index contributed by atoms with van der Waals surface area (Å²) in [5.74, 6) is 3.51. The summed E-state index contributed by atoms with van der Waals surface area (Å²) < 4.78 is 6.75. The Bertz CT molecular complexity index is 553. The lowest BCUT2D eigenvalue weighted by molar-refractivity contribution is 0.484. The number of halogens is 1. The zero-order valence-corrected chi connectivity index (χ0v) is 11.3. The van der Waals surface area contributed by atoms with E-state index < -0.39 is 0 Å². The normalized spacial score (nSPS) is 12.5. The molecule has 1 heterocycles. The molecule has 0 fully saturated rings. The van der Waals surface area contributed by atoms with Crippen LogP contribution < -0.4 is 5.32 Å². The molecule has 2 aromatic rings. The van der Waals surface area contributed by atoms with Gasteiger partial charge in [-0.05, 0) is 41.0 Å². The van der Waals surface area contributed by atoms with Crippen molar-refractivity contribution >= 4 is 26.9 Å². The van der Waals surface area contributed by atoms with E-state index in [-0.39, 0.29) is 6.04 Å². The molecule has 1 N–H and O–H groups in total. The molecule has 0 aliphatic carbocycles. The summed E-state index contributed by atoms with van der Waals surface area (Å²) in [4.78, 5) is 0. The Balaban J connectivity index is 2.35. The summed E-state index contributed by atoms with van der Waals surface area (Å²) in [5, 5.41) is 4.33. The molecule has 0 spiro atoms. The Hall–Kier alpha value is -1.24. The fourth-order valence-electron chi connectivity index (χ4n) is 1.72. The number of furan rings is 1. The predicted octanol–water partition coefficient (Wildman–Crippen LogP) is 3.87.